The van der Waals surface area contributed by atoms with Crippen molar-refractivity contribution in [2.24, 2.45) is 0 Å². The molecule has 0 unspecified atom stereocenters. The second-order valence-electron chi connectivity index (χ2n) is 6.04. The molecule has 14 heavy (non-hydrogen) atoms. The van der Waals surface area contributed by atoms with Crippen LogP contribution in [0.4, 0.5) is 0 Å². The Morgan fingerprint density at radius 1 is 0.571 bits per heavy atom. The second-order valence-corrected chi connectivity index (χ2v) is 30.6. The topological polar surface area (TPSA) is 0 Å². The predicted octanol–water partition coefficient (Wildman–Crippen LogP) is 4.55. The van der Waals surface area contributed by atoms with Crippen molar-refractivity contribution >= 4 is 39.5 Å². The average molecular weight is 414 g/mol. The van der Waals surface area contributed by atoms with Crippen molar-refractivity contribution in [1.82, 2.24) is 0 Å². The minimum atomic E-state index is -1.14. The molecule has 0 aliphatic carbocycles. The molecular formula is C12H32Sn2. The molecule has 0 fully saturated rings. The van der Waals surface area contributed by atoms with Crippen LogP contribution in [0.1, 0.15) is 41.5 Å². The molecule has 0 saturated heterocycles. The van der Waals surface area contributed by atoms with Gasteiger partial charge in [0.2, 0.25) is 0 Å². The maximum atomic E-state index is 2.42. The van der Waals surface area contributed by atoms with Crippen LogP contribution in [0.15, 0.2) is 0 Å². The van der Waals surface area contributed by atoms with Crippen molar-refractivity contribution in [3.8, 4) is 0 Å². The van der Waals surface area contributed by atoms with Gasteiger partial charge in [0.25, 0.3) is 0 Å². The van der Waals surface area contributed by atoms with Gasteiger partial charge in [0.15, 0.2) is 0 Å². The van der Waals surface area contributed by atoms with Gasteiger partial charge in [-0.25, -0.2) is 0 Å². The van der Waals surface area contributed by atoms with E-state index in [9.17, 15) is 0 Å². The average Bonchev–Trinajstić information content (AvgIpc) is 1.80. The van der Waals surface area contributed by atoms with Crippen LogP contribution in [0.5, 0.6) is 0 Å². The second kappa shape index (κ2) is 9.80. The maximum absolute atomic E-state index is 2.42. The fourth-order valence-corrected chi connectivity index (χ4v) is 15.5. The van der Waals surface area contributed by atoms with E-state index >= 15 is 0 Å². The Morgan fingerprint density at radius 2 is 0.714 bits per heavy atom. The zero-order chi connectivity index (χ0) is 11.9. The van der Waals surface area contributed by atoms with E-state index < -0.39 is 39.5 Å². The molecule has 0 N–H and O–H groups in total. The minimum absolute atomic E-state index is 0.637. The SMILES string of the molecule is C[CH](C)[SnH]([CH](C)C)[CH](C)C.[CH3][SnH]([CH3])[CH3]. The predicted molar refractivity (Wildman–Crippen MR) is 77.2 cm³/mol. The van der Waals surface area contributed by atoms with Gasteiger partial charge in [-0.15, -0.1) is 0 Å². The van der Waals surface area contributed by atoms with E-state index in [0.717, 1.165) is 11.8 Å². The quantitative estimate of drug-likeness (QED) is 0.596. The van der Waals surface area contributed by atoms with Gasteiger partial charge in [0.05, 0.1) is 0 Å². The molecule has 0 amide bonds. The summed E-state index contributed by atoms with van der Waals surface area (Å²) in [7, 11) is 0. The summed E-state index contributed by atoms with van der Waals surface area (Å²) in [6.45, 7) is 14.5. The van der Waals surface area contributed by atoms with Gasteiger partial charge in [-0.3, -0.25) is 0 Å². The summed E-state index contributed by atoms with van der Waals surface area (Å²) in [5.74, 6) is 0. The number of hydrogen-bond donors (Lipinski definition) is 0. The van der Waals surface area contributed by atoms with Crippen molar-refractivity contribution < 1.29 is 0 Å². The fourth-order valence-electron chi connectivity index (χ4n) is 2.31. The van der Waals surface area contributed by atoms with Crippen LogP contribution < -0.4 is 0 Å². The summed E-state index contributed by atoms with van der Waals surface area (Å²) in [6, 6.07) is 0. The van der Waals surface area contributed by atoms with Crippen LogP contribution in [0.2, 0.25) is 26.6 Å². The molecule has 0 aromatic heterocycles. The molecule has 0 aromatic rings. The van der Waals surface area contributed by atoms with E-state index in [-0.39, 0.29) is 0 Å². The summed E-state index contributed by atoms with van der Waals surface area (Å²) in [5.41, 5.74) is 0. The summed E-state index contributed by atoms with van der Waals surface area (Å²) >= 11 is -1.78. The summed E-state index contributed by atoms with van der Waals surface area (Å²) in [5, 5.41) is 0. The summed E-state index contributed by atoms with van der Waals surface area (Å²) in [4.78, 5) is 7.13. The van der Waals surface area contributed by atoms with Gasteiger partial charge in [-0.2, -0.15) is 0 Å². The molecule has 0 radical (unpaired) electrons. The van der Waals surface area contributed by atoms with Crippen LogP contribution >= 0.6 is 0 Å². The van der Waals surface area contributed by atoms with Gasteiger partial charge < -0.3 is 0 Å². The third-order valence-corrected chi connectivity index (χ3v) is 15.5. The zero-order valence-electron chi connectivity index (χ0n) is 11.9. The Hall–Kier alpha value is 1.60. The Morgan fingerprint density at radius 3 is 0.714 bits per heavy atom. The normalized spacial score (nSPS) is 11.6. The Bertz CT molecular complexity index is 95.7. The summed E-state index contributed by atoms with van der Waals surface area (Å²) < 4.78 is 3.13. The van der Waals surface area contributed by atoms with Crippen molar-refractivity contribution in [2.75, 3.05) is 0 Å². The van der Waals surface area contributed by atoms with Gasteiger partial charge in [0, 0.05) is 0 Å². The molecule has 0 heterocycles. The molecule has 0 atom stereocenters. The molecule has 0 aliphatic rings. The third kappa shape index (κ3) is 11.7. The number of hydrogen-bond acceptors (Lipinski definition) is 0. The van der Waals surface area contributed by atoms with Crippen LogP contribution in [0.3, 0.4) is 0 Å². The Balaban J connectivity index is 0. The Labute approximate surface area is 107 Å². The molecule has 0 bridgehead atoms. The molecule has 0 aliphatic heterocycles. The third-order valence-electron chi connectivity index (χ3n) is 2.31. The van der Waals surface area contributed by atoms with Crippen LogP contribution in [0.25, 0.3) is 0 Å². The van der Waals surface area contributed by atoms with Crippen molar-refractivity contribution in [1.29, 1.82) is 0 Å². The first-order valence-electron chi connectivity index (χ1n) is 6.20. The molecular weight excluding hydrogens is 382 g/mol. The van der Waals surface area contributed by atoms with Gasteiger partial charge in [-0.1, -0.05) is 0 Å². The monoisotopic (exact) mass is 416 g/mol. The van der Waals surface area contributed by atoms with Crippen molar-refractivity contribution in [3.05, 3.63) is 0 Å². The van der Waals surface area contributed by atoms with Gasteiger partial charge in [0.1, 0.15) is 0 Å². The first kappa shape index (κ1) is 18.0. The van der Waals surface area contributed by atoms with E-state index in [1.54, 1.807) is 0 Å². The van der Waals surface area contributed by atoms with Gasteiger partial charge in [-0.05, 0) is 0 Å². The molecule has 2 heteroatoms. The van der Waals surface area contributed by atoms with Crippen LogP contribution in [-0.4, -0.2) is 39.5 Å². The molecule has 0 nitrogen and oxygen atoms in total. The molecule has 88 valence electrons. The molecule has 0 spiro atoms. The van der Waals surface area contributed by atoms with Crippen molar-refractivity contribution in [2.45, 2.75) is 68.2 Å². The molecule has 0 saturated carbocycles. The van der Waals surface area contributed by atoms with Crippen molar-refractivity contribution in [3.63, 3.8) is 0 Å². The number of rotatable bonds is 3. The van der Waals surface area contributed by atoms with E-state index in [2.05, 4.69) is 56.4 Å². The molecule has 0 rings (SSSR count). The van der Waals surface area contributed by atoms with E-state index in [1.165, 1.54) is 0 Å². The van der Waals surface area contributed by atoms with Crippen LogP contribution in [-0.2, 0) is 0 Å². The van der Waals surface area contributed by atoms with E-state index in [4.69, 9.17) is 0 Å². The Kier molecular flexibility index (Phi) is 12.6. The zero-order valence-corrected chi connectivity index (χ0v) is 18.5. The van der Waals surface area contributed by atoms with E-state index in [1.807, 2.05) is 0 Å². The fraction of sp³-hybridized carbons (Fsp3) is 1.00. The first-order chi connectivity index (χ1) is 6.20. The van der Waals surface area contributed by atoms with Gasteiger partial charge >= 0.3 is 108 Å². The molecule has 0 aromatic carbocycles. The van der Waals surface area contributed by atoms with E-state index in [0.29, 0.717) is 0 Å². The standard InChI is InChI=1S/3C3H7.3CH3.2Sn.2H/c3*1-3-2;;;;;;;/h3*3H,1-2H3;3*1H3;;;;. The first-order valence-corrected chi connectivity index (χ1v) is 21.8. The summed E-state index contributed by atoms with van der Waals surface area (Å²) in [6.07, 6.45) is 0. The van der Waals surface area contributed by atoms with Crippen LogP contribution in [0, 0.1) is 0 Å².